The smallest absolute Gasteiger partial charge is 0.165 e. The van der Waals surface area contributed by atoms with Crippen molar-refractivity contribution in [3.05, 3.63) is 72.6 Å². The van der Waals surface area contributed by atoms with Crippen LogP contribution in [0.4, 0.5) is 0 Å². The van der Waals surface area contributed by atoms with E-state index in [4.69, 9.17) is 4.74 Å². The van der Waals surface area contributed by atoms with E-state index in [9.17, 15) is 5.11 Å². The predicted molar refractivity (Wildman–Crippen MR) is 76.0 cm³/mol. The Morgan fingerprint density at radius 3 is 2.65 bits per heavy atom. The van der Waals surface area contributed by atoms with Crippen LogP contribution in [-0.2, 0) is 6.54 Å². The molecule has 1 N–H and O–H groups in total. The lowest BCUT2D eigenvalue weighted by Crippen LogP contribution is -1.99. The molecule has 4 nitrogen and oxygen atoms in total. The van der Waals surface area contributed by atoms with Gasteiger partial charge in [0.05, 0.1) is 18.9 Å². The number of benzene rings is 2. The van der Waals surface area contributed by atoms with Gasteiger partial charge in [-0.3, -0.25) is 4.68 Å². The van der Waals surface area contributed by atoms with Crippen molar-refractivity contribution in [2.24, 2.45) is 0 Å². The first kappa shape index (κ1) is 12.3. The zero-order valence-electron chi connectivity index (χ0n) is 10.8. The Kier molecular flexibility index (Phi) is 3.37. The Morgan fingerprint density at radius 1 is 1.00 bits per heavy atom. The Bertz CT molecular complexity index is 692. The first-order chi connectivity index (χ1) is 9.79. The summed E-state index contributed by atoms with van der Waals surface area (Å²) in [7, 11) is 0. The quantitative estimate of drug-likeness (QED) is 0.787. The first-order valence-corrected chi connectivity index (χ1v) is 6.33. The molecule has 0 unspecified atom stereocenters. The van der Waals surface area contributed by atoms with Gasteiger partial charge in [-0.2, -0.15) is 5.10 Å². The van der Waals surface area contributed by atoms with Gasteiger partial charge in [0.15, 0.2) is 5.75 Å². The minimum Gasteiger partial charge on any atom is -0.508 e. The number of hydrogen-bond acceptors (Lipinski definition) is 3. The highest BCUT2D eigenvalue weighted by Gasteiger charge is 2.02. The number of ether oxygens (including phenoxy) is 1. The molecule has 1 heterocycles. The van der Waals surface area contributed by atoms with Gasteiger partial charge < -0.3 is 9.84 Å². The van der Waals surface area contributed by atoms with Gasteiger partial charge in [-0.25, -0.2) is 0 Å². The molecule has 1 aromatic heterocycles. The summed E-state index contributed by atoms with van der Waals surface area (Å²) in [5, 5.41) is 13.6. The Balaban J connectivity index is 1.71. The lowest BCUT2D eigenvalue weighted by molar-refractivity contribution is 0.455. The average molecular weight is 266 g/mol. The second kappa shape index (κ2) is 5.48. The largest absolute Gasteiger partial charge is 0.508 e. The van der Waals surface area contributed by atoms with Crippen LogP contribution >= 0.6 is 0 Å². The van der Waals surface area contributed by atoms with Crippen molar-refractivity contribution in [3.8, 4) is 17.2 Å². The molecule has 100 valence electrons. The van der Waals surface area contributed by atoms with Crippen molar-refractivity contribution in [1.29, 1.82) is 0 Å². The van der Waals surface area contributed by atoms with Gasteiger partial charge in [-0.1, -0.05) is 36.4 Å². The molecule has 0 atom stereocenters. The van der Waals surface area contributed by atoms with Crippen LogP contribution in [0, 0.1) is 0 Å². The second-order valence-corrected chi connectivity index (χ2v) is 4.46. The third-order valence-corrected chi connectivity index (χ3v) is 2.85. The van der Waals surface area contributed by atoms with Crippen molar-refractivity contribution in [2.45, 2.75) is 6.54 Å². The summed E-state index contributed by atoms with van der Waals surface area (Å²) in [5.74, 6) is 1.41. The third kappa shape index (κ3) is 2.98. The van der Waals surface area contributed by atoms with Crippen molar-refractivity contribution in [2.75, 3.05) is 0 Å². The average Bonchev–Trinajstić information content (AvgIpc) is 2.87. The Morgan fingerprint density at radius 2 is 1.85 bits per heavy atom. The van der Waals surface area contributed by atoms with Gasteiger partial charge in [0.25, 0.3) is 0 Å². The zero-order valence-corrected chi connectivity index (χ0v) is 10.8. The van der Waals surface area contributed by atoms with Gasteiger partial charge in [0.2, 0.25) is 0 Å². The Labute approximate surface area is 116 Å². The maximum Gasteiger partial charge on any atom is 0.165 e. The molecule has 0 saturated heterocycles. The van der Waals surface area contributed by atoms with E-state index in [0.717, 1.165) is 0 Å². The van der Waals surface area contributed by atoms with E-state index in [2.05, 4.69) is 17.2 Å². The predicted octanol–water partition coefficient (Wildman–Crippen LogP) is 3.43. The summed E-state index contributed by atoms with van der Waals surface area (Å²) < 4.78 is 7.45. The second-order valence-electron chi connectivity index (χ2n) is 4.46. The van der Waals surface area contributed by atoms with E-state index >= 15 is 0 Å². The summed E-state index contributed by atoms with van der Waals surface area (Å²) in [4.78, 5) is 0. The fourth-order valence-corrected chi connectivity index (χ4v) is 1.94. The van der Waals surface area contributed by atoms with Crippen molar-refractivity contribution in [1.82, 2.24) is 9.78 Å². The maximum atomic E-state index is 9.39. The number of hydrogen-bond donors (Lipinski definition) is 1. The van der Waals surface area contributed by atoms with Crippen molar-refractivity contribution < 1.29 is 9.84 Å². The molecule has 0 bridgehead atoms. The molecule has 0 aliphatic heterocycles. The molecule has 0 aliphatic carbocycles. The number of aromatic hydroxyl groups is 1. The standard InChI is InChI=1S/C16H14N2O2/c19-14-7-4-8-15(9-14)20-16-10-17-18(12-16)11-13-5-2-1-3-6-13/h1-10,12,19H,11H2. The Hall–Kier alpha value is -2.75. The summed E-state index contributed by atoms with van der Waals surface area (Å²) in [6.45, 7) is 0.699. The number of phenols is 1. The molecule has 0 aliphatic rings. The van der Waals surface area contributed by atoms with Crippen LogP contribution in [0.5, 0.6) is 17.2 Å². The minimum atomic E-state index is 0.180. The molecule has 4 heteroatoms. The molecule has 3 aromatic rings. The van der Waals surface area contributed by atoms with E-state index in [1.165, 1.54) is 5.56 Å². The van der Waals surface area contributed by atoms with Gasteiger partial charge in [-0.15, -0.1) is 0 Å². The minimum absolute atomic E-state index is 0.180. The van der Waals surface area contributed by atoms with E-state index < -0.39 is 0 Å². The van der Waals surface area contributed by atoms with Crippen molar-refractivity contribution >= 4 is 0 Å². The van der Waals surface area contributed by atoms with E-state index in [1.54, 1.807) is 30.5 Å². The molecule has 3 rings (SSSR count). The molecular formula is C16H14N2O2. The summed E-state index contributed by atoms with van der Waals surface area (Å²) in [6, 6.07) is 16.8. The number of nitrogens with zero attached hydrogens (tertiary/aromatic N) is 2. The SMILES string of the molecule is Oc1cccc(Oc2cnn(Cc3ccccc3)c2)c1. The van der Waals surface area contributed by atoms with Crippen LogP contribution < -0.4 is 4.74 Å². The molecule has 0 fully saturated rings. The van der Waals surface area contributed by atoms with Gasteiger partial charge in [0.1, 0.15) is 11.5 Å². The molecule has 0 saturated carbocycles. The number of phenolic OH excluding ortho intramolecular Hbond substituents is 1. The summed E-state index contributed by atoms with van der Waals surface area (Å²) in [5.41, 5.74) is 1.18. The number of aromatic nitrogens is 2. The number of rotatable bonds is 4. The monoisotopic (exact) mass is 266 g/mol. The lowest BCUT2D eigenvalue weighted by Gasteiger charge is -2.03. The van der Waals surface area contributed by atoms with E-state index in [1.807, 2.05) is 29.1 Å². The van der Waals surface area contributed by atoms with Gasteiger partial charge in [-0.05, 0) is 17.7 Å². The van der Waals surface area contributed by atoms with Crippen LogP contribution in [0.2, 0.25) is 0 Å². The van der Waals surface area contributed by atoms with E-state index in [0.29, 0.717) is 18.0 Å². The highest BCUT2D eigenvalue weighted by molar-refractivity contribution is 5.34. The maximum absolute atomic E-state index is 9.39. The van der Waals surface area contributed by atoms with E-state index in [-0.39, 0.29) is 5.75 Å². The van der Waals surface area contributed by atoms with Crippen molar-refractivity contribution in [3.63, 3.8) is 0 Å². The zero-order chi connectivity index (χ0) is 13.8. The molecule has 20 heavy (non-hydrogen) atoms. The highest BCUT2D eigenvalue weighted by Crippen LogP contribution is 2.24. The summed E-state index contributed by atoms with van der Waals surface area (Å²) >= 11 is 0. The topological polar surface area (TPSA) is 47.3 Å². The third-order valence-electron chi connectivity index (χ3n) is 2.85. The van der Waals surface area contributed by atoms with Crippen LogP contribution in [0.3, 0.4) is 0 Å². The molecular weight excluding hydrogens is 252 g/mol. The van der Waals surface area contributed by atoms with Crippen LogP contribution in [0.15, 0.2) is 67.0 Å². The fourth-order valence-electron chi connectivity index (χ4n) is 1.94. The normalized spacial score (nSPS) is 10.4. The van der Waals surface area contributed by atoms with Crippen LogP contribution in [0.1, 0.15) is 5.56 Å². The van der Waals surface area contributed by atoms with Crippen LogP contribution in [-0.4, -0.2) is 14.9 Å². The molecule has 0 amide bonds. The lowest BCUT2D eigenvalue weighted by atomic mass is 10.2. The molecule has 2 aromatic carbocycles. The molecule has 0 spiro atoms. The van der Waals surface area contributed by atoms with Gasteiger partial charge >= 0.3 is 0 Å². The van der Waals surface area contributed by atoms with Gasteiger partial charge in [0, 0.05) is 6.07 Å². The molecule has 0 radical (unpaired) electrons. The highest BCUT2D eigenvalue weighted by atomic mass is 16.5. The van der Waals surface area contributed by atoms with Crippen LogP contribution in [0.25, 0.3) is 0 Å². The summed E-state index contributed by atoms with van der Waals surface area (Å²) in [6.07, 6.45) is 3.49. The first-order valence-electron chi connectivity index (χ1n) is 6.33. The fraction of sp³-hybridized carbons (Fsp3) is 0.0625.